The molecule has 0 atom stereocenters. The normalized spacial score (nSPS) is 11.7. The second-order valence-corrected chi connectivity index (χ2v) is 6.92. The highest BCUT2D eigenvalue weighted by atomic mass is 35.5. The zero-order valence-electron chi connectivity index (χ0n) is 11.9. The summed E-state index contributed by atoms with van der Waals surface area (Å²) in [6.07, 6.45) is 2.66. The first-order chi connectivity index (χ1) is 10.8. The Bertz CT molecular complexity index is 992. The molecule has 1 amide bonds. The van der Waals surface area contributed by atoms with Gasteiger partial charge in [0.25, 0.3) is 15.9 Å². The number of nitrogens with zero attached hydrogens (tertiary/aromatic N) is 2. The van der Waals surface area contributed by atoms with Crippen LogP contribution in [-0.2, 0) is 17.1 Å². The van der Waals surface area contributed by atoms with Gasteiger partial charge in [-0.3, -0.25) is 10.2 Å². The third kappa shape index (κ3) is 3.21. The standard InChI is InChI=1S/C13H12ClN5O3S/c1-19-6-12(15-7-19)23(21,22)18-17-13(20)11-5-8-4-9(14)2-3-10(8)16-11/h2-7,16,18H,1H3,(H,17,20). The van der Waals surface area contributed by atoms with Crippen LogP contribution in [0.5, 0.6) is 0 Å². The van der Waals surface area contributed by atoms with Crippen LogP contribution in [0.1, 0.15) is 10.5 Å². The predicted molar refractivity (Wildman–Crippen MR) is 84.3 cm³/mol. The molecule has 120 valence electrons. The average Bonchev–Trinajstić information content (AvgIpc) is 3.11. The third-order valence-corrected chi connectivity index (χ3v) is 4.45. The summed E-state index contributed by atoms with van der Waals surface area (Å²) in [5.74, 6) is -0.628. The highest BCUT2D eigenvalue weighted by Crippen LogP contribution is 2.19. The molecule has 0 aliphatic rings. The number of hydrogen-bond acceptors (Lipinski definition) is 4. The van der Waals surface area contributed by atoms with E-state index in [9.17, 15) is 13.2 Å². The van der Waals surface area contributed by atoms with Gasteiger partial charge in [-0.1, -0.05) is 11.6 Å². The van der Waals surface area contributed by atoms with Gasteiger partial charge in [-0.05, 0) is 24.3 Å². The minimum atomic E-state index is -3.93. The van der Waals surface area contributed by atoms with Gasteiger partial charge in [-0.15, -0.1) is 4.83 Å². The SMILES string of the molecule is Cn1cnc(S(=O)(=O)NNC(=O)c2cc3cc(Cl)ccc3[nH]2)c1. The van der Waals surface area contributed by atoms with Crippen molar-refractivity contribution in [3.63, 3.8) is 0 Å². The fraction of sp³-hybridized carbons (Fsp3) is 0.0769. The van der Waals surface area contributed by atoms with Gasteiger partial charge >= 0.3 is 0 Å². The van der Waals surface area contributed by atoms with E-state index in [2.05, 4.69) is 15.4 Å². The van der Waals surface area contributed by atoms with Crippen molar-refractivity contribution in [2.75, 3.05) is 0 Å². The molecule has 3 rings (SSSR count). The minimum Gasteiger partial charge on any atom is -0.350 e. The molecule has 0 saturated heterocycles. The number of hydrazine groups is 1. The Morgan fingerprint density at radius 2 is 2.13 bits per heavy atom. The number of imidazole rings is 1. The summed E-state index contributed by atoms with van der Waals surface area (Å²) in [5.41, 5.74) is 3.05. The molecule has 3 aromatic rings. The molecule has 2 heterocycles. The summed E-state index contributed by atoms with van der Waals surface area (Å²) in [6, 6.07) is 6.69. The number of nitrogens with one attached hydrogen (secondary N) is 3. The number of aromatic nitrogens is 3. The van der Waals surface area contributed by atoms with Gasteiger partial charge in [0.2, 0.25) is 0 Å². The number of rotatable bonds is 4. The van der Waals surface area contributed by atoms with Crippen molar-refractivity contribution in [3.8, 4) is 0 Å². The molecule has 1 aromatic carbocycles. The molecule has 0 aliphatic heterocycles. The lowest BCUT2D eigenvalue weighted by molar-refractivity contribution is 0.0941. The Morgan fingerprint density at radius 3 is 2.83 bits per heavy atom. The van der Waals surface area contributed by atoms with Crippen LogP contribution >= 0.6 is 11.6 Å². The molecule has 10 heteroatoms. The number of benzene rings is 1. The fourth-order valence-electron chi connectivity index (χ4n) is 1.99. The fourth-order valence-corrected chi connectivity index (χ4v) is 2.99. The molecule has 0 bridgehead atoms. The maximum absolute atomic E-state index is 12.1. The van der Waals surface area contributed by atoms with E-state index in [0.717, 1.165) is 5.39 Å². The van der Waals surface area contributed by atoms with Crippen LogP contribution in [0.15, 0.2) is 41.8 Å². The van der Waals surface area contributed by atoms with E-state index in [1.54, 1.807) is 31.3 Å². The first kappa shape index (κ1) is 15.5. The van der Waals surface area contributed by atoms with Crippen molar-refractivity contribution < 1.29 is 13.2 Å². The summed E-state index contributed by atoms with van der Waals surface area (Å²) in [4.78, 5) is 20.6. The van der Waals surface area contributed by atoms with E-state index in [-0.39, 0.29) is 10.7 Å². The van der Waals surface area contributed by atoms with Gasteiger partial charge in [0.15, 0.2) is 5.03 Å². The van der Waals surface area contributed by atoms with E-state index < -0.39 is 15.9 Å². The maximum atomic E-state index is 12.1. The summed E-state index contributed by atoms with van der Waals surface area (Å²) in [7, 11) is -2.29. The maximum Gasteiger partial charge on any atom is 0.282 e. The second kappa shape index (κ2) is 5.69. The second-order valence-electron chi connectivity index (χ2n) is 4.85. The Morgan fingerprint density at radius 1 is 1.35 bits per heavy atom. The number of carbonyl (C=O) groups excluding carboxylic acids is 1. The zero-order chi connectivity index (χ0) is 16.6. The first-order valence-electron chi connectivity index (χ1n) is 6.43. The van der Waals surface area contributed by atoms with Gasteiger partial charge in [0.1, 0.15) is 5.69 Å². The lowest BCUT2D eigenvalue weighted by Crippen LogP contribution is -2.41. The molecule has 0 unspecified atom stereocenters. The van der Waals surface area contributed by atoms with Crippen LogP contribution in [0.3, 0.4) is 0 Å². The molecular formula is C13H12ClN5O3S. The molecule has 0 radical (unpaired) electrons. The van der Waals surface area contributed by atoms with Crippen LogP contribution in [0.25, 0.3) is 10.9 Å². The van der Waals surface area contributed by atoms with Crippen molar-refractivity contribution in [3.05, 3.63) is 47.5 Å². The van der Waals surface area contributed by atoms with Crippen molar-refractivity contribution in [2.45, 2.75) is 5.03 Å². The zero-order valence-corrected chi connectivity index (χ0v) is 13.4. The van der Waals surface area contributed by atoms with Gasteiger partial charge in [-0.2, -0.15) is 0 Å². The summed E-state index contributed by atoms with van der Waals surface area (Å²) >= 11 is 5.88. The summed E-state index contributed by atoms with van der Waals surface area (Å²) in [6.45, 7) is 0. The lowest BCUT2D eigenvalue weighted by Gasteiger charge is -2.05. The minimum absolute atomic E-state index is 0.191. The largest absolute Gasteiger partial charge is 0.350 e. The number of carbonyl (C=O) groups is 1. The number of fused-ring (bicyclic) bond motifs is 1. The Hall–Kier alpha value is -2.36. The van der Waals surface area contributed by atoms with Crippen molar-refractivity contribution >= 4 is 38.4 Å². The predicted octanol–water partition coefficient (Wildman–Crippen LogP) is 1.18. The number of sulfonamides is 1. The quantitative estimate of drug-likeness (QED) is 0.612. The summed E-state index contributed by atoms with van der Waals surface area (Å²) in [5, 5.41) is 1.10. The first-order valence-corrected chi connectivity index (χ1v) is 8.30. The molecule has 0 fully saturated rings. The monoisotopic (exact) mass is 353 g/mol. The van der Waals surface area contributed by atoms with Crippen molar-refractivity contribution in [1.29, 1.82) is 0 Å². The third-order valence-electron chi connectivity index (χ3n) is 3.08. The molecule has 8 nitrogen and oxygen atoms in total. The number of H-pyrrole nitrogens is 1. The van der Waals surface area contributed by atoms with Gasteiger partial charge < -0.3 is 9.55 Å². The van der Waals surface area contributed by atoms with Crippen molar-refractivity contribution in [2.24, 2.45) is 7.05 Å². The van der Waals surface area contributed by atoms with Gasteiger partial charge in [0, 0.05) is 29.2 Å². The summed E-state index contributed by atoms with van der Waals surface area (Å²) < 4.78 is 25.4. The number of halogens is 1. The molecule has 0 saturated carbocycles. The Balaban J connectivity index is 1.75. The molecule has 0 aliphatic carbocycles. The molecule has 3 N–H and O–H groups in total. The van der Waals surface area contributed by atoms with Crippen LogP contribution < -0.4 is 10.3 Å². The number of aromatic amines is 1. The highest BCUT2D eigenvalue weighted by molar-refractivity contribution is 7.89. The van der Waals surface area contributed by atoms with Crippen LogP contribution in [0.4, 0.5) is 0 Å². The average molecular weight is 354 g/mol. The number of hydrogen-bond donors (Lipinski definition) is 3. The molecule has 23 heavy (non-hydrogen) atoms. The highest BCUT2D eigenvalue weighted by Gasteiger charge is 2.19. The van der Waals surface area contributed by atoms with E-state index in [1.165, 1.54) is 17.1 Å². The lowest BCUT2D eigenvalue weighted by atomic mass is 10.2. The topological polar surface area (TPSA) is 109 Å². The van der Waals surface area contributed by atoms with E-state index in [1.807, 2.05) is 4.83 Å². The molecule has 2 aromatic heterocycles. The van der Waals surface area contributed by atoms with E-state index in [4.69, 9.17) is 11.6 Å². The van der Waals surface area contributed by atoms with E-state index >= 15 is 0 Å². The number of amides is 1. The number of aryl methyl sites for hydroxylation is 1. The molecular weight excluding hydrogens is 342 g/mol. The van der Waals surface area contributed by atoms with Gasteiger partial charge in [-0.25, -0.2) is 13.4 Å². The van der Waals surface area contributed by atoms with Gasteiger partial charge in [0.05, 0.1) is 6.33 Å². The van der Waals surface area contributed by atoms with E-state index in [0.29, 0.717) is 10.5 Å². The molecule has 0 spiro atoms. The smallest absolute Gasteiger partial charge is 0.282 e. The van der Waals surface area contributed by atoms with Crippen LogP contribution in [-0.4, -0.2) is 28.9 Å². The van der Waals surface area contributed by atoms with Crippen LogP contribution in [0.2, 0.25) is 5.02 Å². The van der Waals surface area contributed by atoms with Crippen LogP contribution in [0, 0.1) is 0 Å². The Labute approximate surface area is 136 Å². The van der Waals surface area contributed by atoms with Crippen molar-refractivity contribution in [1.82, 2.24) is 24.8 Å². The Kier molecular flexibility index (Phi) is 3.84.